The Morgan fingerprint density at radius 3 is 2.83 bits per heavy atom. The summed E-state index contributed by atoms with van der Waals surface area (Å²) < 4.78 is 0. The number of aliphatic hydroxyl groups excluding tert-OH is 2. The highest BCUT2D eigenvalue weighted by atomic mass is 16.6. The van der Waals surface area contributed by atoms with Gasteiger partial charge in [0.1, 0.15) is 11.8 Å². The standard InChI is InChI=1S/C13H19N5O5/c1-2-15-13(21)6-5-8(11(20)10(6)19)17-12-9(18(22)23)7(14)3-4-16-12/h3-4,6,8,10-11,19-20H,2,5H2,1H3,(H,15,21)(H3,14,16,17)/t6-,8+,10+,11-/m1/s1. The molecule has 1 saturated carbocycles. The Bertz CT molecular complexity index is 610. The van der Waals surface area contributed by atoms with Gasteiger partial charge in [0, 0.05) is 12.7 Å². The van der Waals surface area contributed by atoms with Crippen LogP contribution in [0.2, 0.25) is 0 Å². The molecule has 1 aliphatic rings. The second-order valence-corrected chi connectivity index (χ2v) is 5.32. The van der Waals surface area contributed by atoms with E-state index in [4.69, 9.17) is 5.73 Å². The van der Waals surface area contributed by atoms with E-state index in [2.05, 4.69) is 15.6 Å². The number of carbonyl (C=O) groups is 1. The number of carbonyl (C=O) groups excluding carboxylic acids is 1. The molecule has 2 rings (SSSR count). The van der Waals surface area contributed by atoms with Crippen molar-refractivity contribution in [3.63, 3.8) is 0 Å². The number of rotatable bonds is 5. The van der Waals surface area contributed by atoms with E-state index in [9.17, 15) is 25.1 Å². The lowest BCUT2D eigenvalue weighted by Crippen LogP contribution is -2.39. The summed E-state index contributed by atoms with van der Waals surface area (Å²) in [5.74, 6) is -1.29. The Labute approximate surface area is 131 Å². The topological polar surface area (TPSA) is 164 Å². The molecular weight excluding hydrogens is 306 g/mol. The average molecular weight is 325 g/mol. The minimum atomic E-state index is -1.26. The van der Waals surface area contributed by atoms with Gasteiger partial charge in [-0.1, -0.05) is 0 Å². The zero-order valence-corrected chi connectivity index (χ0v) is 12.5. The first-order valence-corrected chi connectivity index (χ1v) is 7.16. The largest absolute Gasteiger partial charge is 0.393 e. The lowest BCUT2D eigenvalue weighted by molar-refractivity contribution is -0.383. The molecule has 1 aromatic heterocycles. The highest BCUT2D eigenvalue weighted by molar-refractivity contribution is 5.80. The van der Waals surface area contributed by atoms with Crippen molar-refractivity contribution in [3.8, 4) is 0 Å². The molecule has 0 aliphatic heterocycles. The van der Waals surface area contributed by atoms with Crippen LogP contribution < -0.4 is 16.4 Å². The number of hydrogen-bond donors (Lipinski definition) is 5. The van der Waals surface area contributed by atoms with Gasteiger partial charge in [0.05, 0.1) is 23.0 Å². The lowest BCUT2D eigenvalue weighted by atomic mass is 10.0. The van der Waals surface area contributed by atoms with Gasteiger partial charge >= 0.3 is 5.69 Å². The number of amides is 1. The van der Waals surface area contributed by atoms with Crippen LogP contribution in [-0.4, -0.2) is 50.8 Å². The molecule has 0 aromatic carbocycles. The molecule has 0 bridgehead atoms. The molecule has 1 amide bonds. The summed E-state index contributed by atoms with van der Waals surface area (Å²) >= 11 is 0. The first kappa shape index (κ1) is 16.9. The monoisotopic (exact) mass is 325 g/mol. The highest BCUT2D eigenvalue weighted by Gasteiger charge is 2.45. The summed E-state index contributed by atoms with van der Waals surface area (Å²) in [7, 11) is 0. The van der Waals surface area contributed by atoms with E-state index in [1.165, 1.54) is 12.3 Å². The van der Waals surface area contributed by atoms with Gasteiger partial charge in [-0.15, -0.1) is 0 Å². The number of nitrogen functional groups attached to an aromatic ring is 1. The molecule has 1 heterocycles. The number of anilines is 2. The Hall–Kier alpha value is -2.46. The smallest absolute Gasteiger partial charge is 0.333 e. The maximum atomic E-state index is 11.9. The van der Waals surface area contributed by atoms with E-state index in [-0.39, 0.29) is 23.8 Å². The number of nitrogens with two attached hydrogens (primary N) is 1. The minimum Gasteiger partial charge on any atom is -0.393 e. The molecule has 0 saturated heterocycles. The van der Waals surface area contributed by atoms with E-state index in [0.717, 1.165) is 0 Å². The summed E-state index contributed by atoms with van der Waals surface area (Å²) in [6.07, 6.45) is -1.12. The van der Waals surface area contributed by atoms with Crippen molar-refractivity contribution in [2.45, 2.75) is 31.6 Å². The summed E-state index contributed by atoms with van der Waals surface area (Å²) in [6.45, 7) is 2.14. The van der Waals surface area contributed by atoms with Gasteiger partial charge in [-0.3, -0.25) is 14.9 Å². The van der Waals surface area contributed by atoms with Gasteiger partial charge in [-0.05, 0) is 19.4 Å². The molecular formula is C13H19N5O5. The van der Waals surface area contributed by atoms with Crippen molar-refractivity contribution >= 4 is 23.1 Å². The Morgan fingerprint density at radius 1 is 1.52 bits per heavy atom. The molecule has 0 unspecified atom stereocenters. The van der Waals surface area contributed by atoms with Gasteiger partial charge in [0.25, 0.3) is 0 Å². The minimum absolute atomic E-state index is 0.0687. The second kappa shape index (κ2) is 6.75. The van der Waals surface area contributed by atoms with Crippen molar-refractivity contribution in [1.82, 2.24) is 10.3 Å². The number of nitro groups is 1. The second-order valence-electron chi connectivity index (χ2n) is 5.32. The maximum Gasteiger partial charge on any atom is 0.333 e. The van der Waals surface area contributed by atoms with Gasteiger partial charge in [0.2, 0.25) is 11.7 Å². The molecule has 0 spiro atoms. The van der Waals surface area contributed by atoms with Crippen LogP contribution in [0.3, 0.4) is 0 Å². The SMILES string of the molecule is CCNC(=O)[C@@H]1C[C@H](Nc2nccc(N)c2[N+](=O)[O-])[C@@H](O)[C@H]1O. The predicted octanol–water partition coefficient (Wildman–Crippen LogP) is -0.770. The fourth-order valence-corrected chi connectivity index (χ4v) is 2.68. The van der Waals surface area contributed by atoms with Gasteiger partial charge in [-0.25, -0.2) is 4.98 Å². The van der Waals surface area contributed by atoms with E-state index >= 15 is 0 Å². The first-order valence-electron chi connectivity index (χ1n) is 7.16. The average Bonchev–Trinajstić information content (AvgIpc) is 2.76. The van der Waals surface area contributed by atoms with Gasteiger partial charge in [0.15, 0.2) is 0 Å². The molecule has 4 atom stereocenters. The zero-order valence-electron chi connectivity index (χ0n) is 12.5. The van der Waals surface area contributed by atoms with Crippen LogP contribution >= 0.6 is 0 Å². The Kier molecular flexibility index (Phi) is 4.96. The van der Waals surface area contributed by atoms with Crippen LogP contribution in [-0.2, 0) is 4.79 Å². The summed E-state index contributed by atoms with van der Waals surface area (Å²) in [5, 5.41) is 36.5. The van der Waals surface area contributed by atoms with E-state index < -0.39 is 34.8 Å². The predicted molar refractivity (Wildman–Crippen MR) is 81.5 cm³/mol. The molecule has 10 nitrogen and oxygen atoms in total. The van der Waals surface area contributed by atoms with Crippen molar-refractivity contribution < 1.29 is 19.9 Å². The van der Waals surface area contributed by atoms with Crippen LogP contribution in [0.4, 0.5) is 17.2 Å². The number of aliphatic hydroxyl groups is 2. The molecule has 6 N–H and O–H groups in total. The number of aromatic nitrogens is 1. The van der Waals surface area contributed by atoms with E-state index in [1.807, 2.05) is 0 Å². The third-order valence-corrected chi connectivity index (χ3v) is 3.83. The fourth-order valence-electron chi connectivity index (χ4n) is 2.68. The third-order valence-electron chi connectivity index (χ3n) is 3.83. The highest BCUT2D eigenvalue weighted by Crippen LogP contribution is 2.33. The quantitative estimate of drug-likeness (QED) is 0.348. The molecule has 1 aliphatic carbocycles. The van der Waals surface area contributed by atoms with Crippen LogP contribution in [0.5, 0.6) is 0 Å². The van der Waals surface area contributed by atoms with E-state index in [0.29, 0.717) is 6.54 Å². The number of nitrogens with zero attached hydrogens (tertiary/aromatic N) is 2. The first-order chi connectivity index (χ1) is 10.9. The number of pyridine rings is 1. The van der Waals surface area contributed by atoms with Crippen LogP contribution in [0.1, 0.15) is 13.3 Å². The van der Waals surface area contributed by atoms with Gasteiger partial charge < -0.3 is 26.6 Å². The summed E-state index contributed by atoms with van der Waals surface area (Å²) in [5.41, 5.74) is 5.10. The summed E-state index contributed by atoms with van der Waals surface area (Å²) in [4.78, 5) is 26.2. The normalized spacial score (nSPS) is 26.7. The zero-order chi connectivity index (χ0) is 17.1. The summed E-state index contributed by atoms with van der Waals surface area (Å²) in [6, 6.07) is 0.534. The van der Waals surface area contributed by atoms with Crippen LogP contribution in [0.15, 0.2) is 12.3 Å². The molecule has 1 aromatic rings. The van der Waals surface area contributed by atoms with Crippen LogP contribution in [0, 0.1) is 16.0 Å². The molecule has 23 heavy (non-hydrogen) atoms. The molecule has 0 radical (unpaired) electrons. The van der Waals surface area contributed by atoms with Crippen molar-refractivity contribution in [3.05, 3.63) is 22.4 Å². The maximum absolute atomic E-state index is 11.9. The molecule has 10 heteroatoms. The van der Waals surface area contributed by atoms with Crippen molar-refractivity contribution in [2.24, 2.45) is 5.92 Å². The molecule has 126 valence electrons. The molecule has 1 fully saturated rings. The fraction of sp³-hybridized carbons (Fsp3) is 0.538. The number of nitrogens with one attached hydrogen (secondary N) is 2. The Morgan fingerprint density at radius 2 is 2.22 bits per heavy atom. The van der Waals surface area contributed by atoms with Crippen LogP contribution in [0.25, 0.3) is 0 Å². The number of hydrogen-bond acceptors (Lipinski definition) is 8. The lowest BCUT2D eigenvalue weighted by Gasteiger charge is -2.18. The van der Waals surface area contributed by atoms with Crippen molar-refractivity contribution in [2.75, 3.05) is 17.6 Å². The van der Waals surface area contributed by atoms with Crippen molar-refractivity contribution in [1.29, 1.82) is 0 Å². The Balaban J connectivity index is 2.20. The van der Waals surface area contributed by atoms with Gasteiger partial charge in [-0.2, -0.15) is 0 Å². The van der Waals surface area contributed by atoms with E-state index in [1.54, 1.807) is 6.92 Å². The third kappa shape index (κ3) is 3.32.